The second kappa shape index (κ2) is 5.15. The molecule has 0 atom stereocenters. The van der Waals surface area contributed by atoms with Crippen molar-refractivity contribution in [3.05, 3.63) is 41.5 Å². The van der Waals surface area contributed by atoms with Crippen LogP contribution in [0.15, 0.2) is 35.1 Å². The second-order valence-corrected chi connectivity index (χ2v) is 4.28. The van der Waals surface area contributed by atoms with Gasteiger partial charge in [0.15, 0.2) is 0 Å². The van der Waals surface area contributed by atoms with Gasteiger partial charge in [-0.25, -0.2) is 4.68 Å². The van der Waals surface area contributed by atoms with Gasteiger partial charge in [-0.2, -0.15) is 4.98 Å². The molecular weight excluding hydrogens is 268 g/mol. The number of halogens is 1. The first kappa shape index (κ1) is 11.8. The lowest BCUT2D eigenvalue weighted by Crippen LogP contribution is -2.02. The summed E-state index contributed by atoms with van der Waals surface area (Å²) in [6.07, 6.45) is 2.10. The van der Waals surface area contributed by atoms with E-state index >= 15 is 0 Å². The normalized spacial score (nSPS) is 10.8. The molecule has 0 aliphatic heterocycles. The van der Waals surface area contributed by atoms with E-state index in [9.17, 15) is 0 Å². The molecule has 8 heteroatoms. The second-order valence-electron chi connectivity index (χ2n) is 3.84. The fraction of sp³-hybridized carbons (Fsp3) is 0.182. The lowest BCUT2D eigenvalue weighted by Gasteiger charge is -1.94. The van der Waals surface area contributed by atoms with Gasteiger partial charge in [0, 0.05) is 17.0 Å². The van der Waals surface area contributed by atoms with E-state index in [1.165, 1.54) is 6.33 Å². The largest absolute Gasteiger partial charge is 0.339 e. The Hall–Kier alpha value is -2.28. The molecule has 0 saturated heterocycles. The standard InChI is InChI=1S/C11H9ClN6O/c12-9-3-1-2-8(6-9)11-14-10(19-15-11)4-5-18-7-13-16-17-18/h1-3,6-7H,4-5H2. The Kier molecular flexibility index (Phi) is 3.20. The maximum atomic E-state index is 5.92. The average molecular weight is 277 g/mol. The molecule has 0 amide bonds. The molecule has 0 saturated carbocycles. The Balaban J connectivity index is 1.72. The average Bonchev–Trinajstić information content (AvgIpc) is 3.08. The first-order chi connectivity index (χ1) is 9.31. The Bertz CT molecular complexity index is 665. The van der Waals surface area contributed by atoms with Crippen molar-refractivity contribution in [2.75, 3.05) is 0 Å². The van der Waals surface area contributed by atoms with Crippen LogP contribution in [0.2, 0.25) is 5.02 Å². The van der Waals surface area contributed by atoms with Crippen LogP contribution in [-0.4, -0.2) is 30.3 Å². The van der Waals surface area contributed by atoms with Crippen LogP contribution in [0, 0.1) is 0 Å². The highest BCUT2D eigenvalue weighted by molar-refractivity contribution is 6.30. The van der Waals surface area contributed by atoms with Crippen LogP contribution in [0.4, 0.5) is 0 Å². The van der Waals surface area contributed by atoms with E-state index in [2.05, 4.69) is 25.7 Å². The molecule has 0 spiro atoms. The molecule has 0 aliphatic rings. The summed E-state index contributed by atoms with van der Waals surface area (Å²) in [5.74, 6) is 1.06. The minimum absolute atomic E-state index is 0.522. The monoisotopic (exact) mass is 276 g/mol. The molecule has 7 nitrogen and oxygen atoms in total. The van der Waals surface area contributed by atoms with Crippen LogP contribution in [0.1, 0.15) is 5.89 Å². The van der Waals surface area contributed by atoms with Gasteiger partial charge in [-0.3, -0.25) is 0 Å². The topological polar surface area (TPSA) is 82.5 Å². The summed E-state index contributed by atoms with van der Waals surface area (Å²) < 4.78 is 6.77. The maximum Gasteiger partial charge on any atom is 0.228 e. The van der Waals surface area contributed by atoms with Gasteiger partial charge in [0.25, 0.3) is 0 Å². The minimum atomic E-state index is 0.522. The third-order valence-electron chi connectivity index (χ3n) is 2.50. The van der Waals surface area contributed by atoms with E-state index in [1.54, 1.807) is 16.8 Å². The highest BCUT2D eigenvalue weighted by Gasteiger charge is 2.09. The number of aromatic nitrogens is 6. The number of hydrogen-bond acceptors (Lipinski definition) is 6. The van der Waals surface area contributed by atoms with Crippen molar-refractivity contribution >= 4 is 11.6 Å². The van der Waals surface area contributed by atoms with Gasteiger partial charge in [0.05, 0.1) is 6.54 Å². The van der Waals surface area contributed by atoms with Crippen LogP contribution in [0.25, 0.3) is 11.4 Å². The molecule has 0 unspecified atom stereocenters. The third-order valence-corrected chi connectivity index (χ3v) is 2.73. The zero-order valence-electron chi connectivity index (χ0n) is 9.77. The predicted molar refractivity (Wildman–Crippen MR) is 66.3 cm³/mol. The first-order valence-electron chi connectivity index (χ1n) is 5.60. The van der Waals surface area contributed by atoms with Crippen LogP contribution in [-0.2, 0) is 13.0 Å². The number of nitrogens with zero attached hydrogens (tertiary/aromatic N) is 6. The molecule has 3 aromatic rings. The van der Waals surface area contributed by atoms with E-state index in [1.807, 2.05) is 12.1 Å². The Morgan fingerprint density at radius 1 is 1.32 bits per heavy atom. The lowest BCUT2D eigenvalue weighted by atomic mass is 10.2. The van der Waals surface area contributed by atoms with Gasteiger partial charge >= 0.3 is 0 Å². The van der Waals surface area contributed by atoms with Crippen molar-refractivity contribution in [2.45, 2.75) is 13.0 Å². The third kappa shape index (κ3) is 2.76. The molecule has 0 radical (unpaired) electrons. The van der Waals surface area contributed by atoms with Crippen LogP contribution in [0.3, 0.4) is 0 Å². The number of aryl methyl sites for hydroxylation is 2. The summed E-state index contributed by atoms with van der Waals surface area (Å²) in [5, 5.41) is 15.4. The maximum absolute atomic E-state index is 5.92. The van der Waals surface area contributed by atoms with E-state index < -0.39 is 0 Å². The lowest BCUT2D eigenvalue weighted by molar-refractivity contribution is 0.368. The quantitative estimate of drug-likeness (QED) is 0.720. The van der Waals surface area contributed by atoms with Crippen molar-refractivity contribution in [2.24, 2.45) is 0 Å². The zero-order valence-corrected chi connectivity index (χ0v) is 10.5. The molecule has 2 aromatic heterocycles. The van der Waals surface area contributed by atoms with Crippen molar-refractivity contribution < 1.29 is 4.52 Å². The van der Waals surface area contributed by atoms with E-state index in [-0.39, 0.29) is 0 Å². The molecule has 0 fully saturated rings. The summed E-state index contributed by atoms with van der Waals surface area (Å²) in [6.45, 7) is 0.587. The van der Waals surface area contributed by atoms with Gasteiger partial charge in [-0.15, -0.1) is 5.10 Å². The van der Waals surface area contributed by atoms with Gasteiger partial charge in [-0.1, -0.05) is 28.9 Å². The Labute approximate surface area is 113 Å². The van der Waals surface area contributed by atoms with Gasteiger partial charge in [-0.05, 0) is 22.6 Å². The highest BCUT2D eigenvalue weighted by Crippen LogP contribution is 2.19. The van der Waals surface area contributed by atoms with Gasteiger partial charge in [0.1, 0.15) is 6.33 Å². The van der Waals surface area contributed by atoms with Crippen molar-refractivity contribution in [3.63, 3.8) is 0 Å². The van der Waals surface area contributed by atoms with Crippen LogP contribution < -0.4 is 0 Å². The van der Waals surface area contributed by atoms with Gasteiger partial charge in [0.2, 0.25) is 11.7 Å². The summed E-state index contributed by atoms with van der Waals surface area (Å²) in [5.41, 5.74) is 0.824. The predicted octanol–water partition coefficient (Wildman–Crippen LogP) is 1.62. The summed E-state index contributed by atoms with van der Waals surface area (Å²) in [6, 6.07) is 7.30. The van der Waals surface area contributed by atoms with E-state index in [4.69, 9.17) is 16.1 Å². The minimum Gasteiger partial charge on any atom is -0.339 e. The molecule has 96 valence electrons. The molecule has 0 N–H and O–H groups in total. The molecule has 2 heterocycles. The first-order valence-corrected chi connectivity index (χ1v) is 5.98. The molecular formula is C11H9ClN6O. The number of hydrogen-bond donors (Lipinski definition) is 0. The molecule has 1 aromatic carbocycles. The summed E-state index contributed by atoms with van der Waals surface area (Å²) in [4.78, 5) is 4.30. The van der Waals surface area contributed by atoms with E-state index in [0.717, 1.165) is 5.56 Å². The fourth-order valence-corrected chi connectivity index (χ4v) is 1.78. The highest BCUT2D eigenvalue weighted by atomic mass is 35.5. The zero-order chi connectivity index (χ0) is 13.1. The number of rotatable bonds is 4. The molecule has 19 heavy (non-hydrogen) atoms. The Morgan fingerprint density at radius 2 is 2.26 bits per heavy atom. The molecule has 0 bridgehead atoms. The summed E-state index contributed by atoms with van der Waals surface area (Å²) in [7, 11) is 0. The Morgan fingerprint density at radius 3 is 3.05 bits per heavy atom. The smallest absolute Gasteiger partial charge is 0.228 e. The molecule has 3 rings (SSSR count). The molecule has 0 aliphatic carbocycles. The number of benzene rings is 1. The van der Waals surface area contributed by atoms with Crippen molar-refractivity contribution in [1.29, 1.82) is 0 Å². The van der Waals surface area contributed by atoms with Crippen LogP contribution >= 0.6 is 11.6 Å². The summed E-state index contributed by atoms with van der Waals surface area (Å²) >= 11 is 5.92. The van der Waals surface area contributed by atoms with Crippen molar-refractivity contribution in [1.82, 2.24) is 30.3 Å². The van der Waals surface area contributed by atoms with E-state index in [0.29, 0.717) is 29.7 Å². The fourth-order valence-electron chi connectivity index (χ4n) is 1.59. The van der Waals surface area contributed by atoms with Crippen LogP contribution in [0.5, 0.6) is 0 Å². The van der Waals surface area contributed by atoms with Gasteiger partial charge < -0.3 is 4.52 Å². The van der Waals surface area contributed by atoms with Crippen molar-refractivity contribution in [3.8, 4) is 11.4 Å². The SMILES string of the molecule is Clc1cccc(-c2noc(CCn3cnnn3)n2)c1. The number of tetrazole rings is 1.